The molecule has 0 bridgehead atoms. The van der Waals surface area contributed by atoms with E-state index in [9.17, 15) is 4.79 Å². The second kappa shape index (κ2) is 8.95. The number of methoxy groups -OCH3 is 1. The lowest BCUT2D eigenvalue weighted by atomic mass is 9.87. The summed E-state index contributed by atoms with van der Waals surface area (Å²) in [6.07, 6.45) is 3.04. The summed E-state index contributed by atoms with van der Waals surface area (Å²) < 4.78 is 17.5. The van der Waals surface area contributed by atoms with E-state index in [4.69, 9.17) is 14.2 Å². The lowest BCUT2D eigenvalue weighted by molar-refractivity contribution is -0.146. The summed E-state index contributed by atoms with van der Waals surface area (Å²) in [5, 5.41) is 2.98. The fourth-order valence-corrected chi connectivity index (χ4v) is 4.32. The number of para-hydroxylation sites is 1. The molecule has 0 aromatic heterocycles. The summed E-state index contributed by atoms with van der Waals surface area (Å²) in [4.78, 5) is 14.7. The fourth-order valence-electron chi connectivity index (χ4n) is 4.32. The molecule has 6 nitrogen and oxygen atoms in total. The van der Waals surface area contributed by atoms with Crippen LogP contribution in [0.25, 0.3) is 0 Å². The SMILES string of the molecule is CO[C@H]1CCN(CC(=O)Nc2ccc(Oc3ccccc3)cc2)C[C@]12CCCO2. The minimum absolute atomic E-state index is 0.0225. The molecule has 0 saturated carbocycles. The van der Waals surface area contributed by atoms with Gasteiger partial charge in [-0.15, -0.1) is 0 Å². The molecule has 0 unspecified atom stereocenters. The average molecular weight is 396 g/mol. The second-order valence-electron chi connectivity index (χ2n) is 7.73. The van der Waals surface area contributed by atoms with Crippen molar-refractivity contribution in [2.45, 2.75) is 31.0 Å². The van der Waals surface area contributed by atoms with E-state index in [2.05, 4.69) is 10.2 Å². The van der Waals surface area contributed by atoms with Crippen LogP contribution >= 0.6 is 0 Å². The van der Waals surface area contributed by atoms with Gasteiger partial charge in [0.25, 0.3) is 0 Å². The Morgan fingerprint density at radius 3 is 2.62 bits per heavy atom. The molecule has 2 aromatic carbocycles. The molecule has 0 radical (unpaired) electrons. The number of benzene rings is 2. The van der Waals surface area contributed by atoms with Crippen LogP contribution in [0.3, 0.4) is 0 Å². The number of nitrogens with zero attached hydrogens (tertiary/aromatic N) is 1. The van der Waals surface area contributed by atoms with E-state index < -0.39 is 0 Å². The zero-order valence-corrected chi connectivity index (χ0v) is 16.8. The monoisotopic (exact) mass is 396 g/mol. The van der Waals surface area contributed by atoms with Gasteiger partial charge in [0.05, 0.1) is 12.6 Å². The van der Waals surface area contributed by atoms with Gasteiger partial charge in [0, 0.05) is 32.5 Å². The lowest BCUT2D eigenvalue weighted by Gasteiger charge is -2.44. The van der Waals surface area contributed by atoms with Gasteiger partial charge in [-0.05, 0) is 55.7 Å². The molecule has 0 aliphatic carbocycles. The van der Waals surface area contributed by atoms with Gasteiger partial charge in [0.1, 0.15) is 17.1 Å². The molecular formula is C23H28N2O4. The highest BCUT2D eigenvalue weighted by Gasteiger charge is 2.47. The number of amides is 1. The largest absolute Gasteiger partial charge is 0.457 e. The molecule has 1 spiro atoms. The van der Waals surface area contributed by atoms with Crippen molar-refractivity contribution < 1.29 is 19.0 Å². The molecule has 2 aliphatic rings. The number of rotatable bonds is 6. The van der Waals surface area contributed by atoms with E-state index in [0.717, 1.165) is 56.1 Å². The first kappa shape index (κ1) is 19.9. The van der Waals surface area contributed by atoms with Gasteiger partial charge in [-0.2, -0.15) is 0 Å². The van der Waals surface area contributed by atoms with Crippen LogP contribution in [-0.2, 0) is 14.3 Å². The van der Waals surface area contributed by atoms with Gasteiger partial charge in [-0.1, -0.05) is 18.2 Å². The Kier molecular flexibility index (Phi) is 6.13. The van der Waals surface area contributed by atoms with Crippen LogP contribution in [0.15, 0.2) is 54.6 Å². The summed E-state index contributed by atoms with van der Waals surface area (Å²) >= 11 is 0. The van der Waals surface area contributed by atoms with E-state index in [1.807, 2.05) is 54.6 Å². The summed E-state index contributed by atoms with van der Waals surface area (Å²) in [7, 11) is 1.75. The molecule has 2 aromatic rings. The fraction of sp³-hybridized carbons (Fsp3) is 0.435. The van der Waals surface area contributed by atoms with Crippen molar-refractivity contribution in [1.29, 1.82) is 0 Å². The standard InChI is InChI=1S/C23H28N2O4/c1-27-21-12-14-25(17-23(21)13-5-15-28-23)16-22(26)24-18-8-10-20(11-9-18)29-19-6-3-2-4-7-19/h2-4,6-11,21H,5,12-17H2,1H3,(H,24,26)/t21-,23+/m0/s1. The van der Waals surface area contributed by atoms with Crippen molar-refractivity contribution in [3.05, 3.63) is 54.6 Å². The molecule has 2 aliphatic heterocycles. The number of ether oxygens (including phenoxy) is 3. The number of piperidine rings is 1. The number of likely N-dealkylation sites (tertiary alicyclic amines) is 1. The molecule has 29 heavy (non-hydrogen) atoms. The maximum Gasteiger partial charge on any atom is 0.238 e. The Morgan fingerprint density at radius 1 is 1.17 bits per heavy atom. The Morgan fingerprint density at radius 2 is 1.93 bits per heavy atom. The number of anilines is 1. The minimum Gasteiger partial charge on any atom is -0.457 e. The average Bonchev–Trinajstić information content (AvgIpc) is 3.19. The van der Waals surface area contributed by atoms with Gasteiger partial charge >= 0.3 is 0 Å². The Labute approximate surface area is 171 Å². The molecular weight excluding hydrogens is 368 g/mol. The minimum atomic E-state index is -0.260. The smallest absolute Gasteiger partial charge is 0.238 e. The highest BCUT2D eigenvalue weighted by Crippen LogP contribution is 2.36. The third-order valence-electron chi connectivity index (χ3n) is 5.69. The maximum atomic E-state index is 12.6. The van der Waals surface area contributed by atoms with Crippen LogP contribution in [0.5, 0.6) is 11.5 Å². The van der Waals surface area contributed by atoms with Crippen LogP contribution in [0.1, 0.15) is 19.3 Å². The number of hydrogen-bond donors (Lipinski definition) is 1. The molecule has 2 saturated heterocycles. The van der Waals surface area contributed by atoms with Crippen molar-refractivity contribution in [3.63, 3.8) is 0 Å². The van der Waals surface area contributed by atoms with Gasteiger partial charge in [0.2, 0.25) is 5.91 Å². The molecule has 6 heteroatoms. The van der Waals surface area contributed by atoms with Gasteiger partial charge in [0.15, 0.2) is 0 Å². The normalized spacial score (nSPS) is 24.5. The third kappa shape index (κ3) is 4.78. The van der Waals surface area contributed by atoms with Crippen LogP contribution < -0.4 is 10.1 Å². The first-order chi connectivity index (χ1) is 14.2. The Hall–Kier alpha value is -2.41. The van der Waals surface area contributed by atoms with Crippen molar-refractivity contribution in [2.24, 2.45) is 0 Å². The zero-order chi connectivity index (χ0) is 20.1. The number of carbonyl (C=O) groups excluding carboxylic acids is 1. The Bertz CT molecular complexity index is 803. The zero-order valence-electron chi connectivity index (χ0n) is 16.8. The number of carbonyl (C=O) groups is 1. The third-order valence-corrected chi connectivity index (χ3v) is 5.69. The molecule has 2 fully saturated rings. The van der Waals surface area contributed by atoms with Crippen molar-refractivity contribution in [2.75, 3.05) is 38.7 Å². The van der Waals surface area contributed by atoms with E-state index >= 15 is 0 Å². The maximum absolute atomic E-state index is 12.6. The summed E-state index contributed by atoms with van der Waals surface area (Å²) in [5.41, 5.74) is 0.498. The molecule has 154 valence electrons. The van der Waals surface area contributed by atoms with Crippen molar-refractivity contribution in [3.8, 4) is 11.5 Å². The molecule has 1 amide bonds. The van der Waals surface area contributed by atoms with Crippen LogP contribution in [-0.4, -0.2) is 55.9 Å². The van der Waals surface area contributed by atoms with E-state index in [-0.39, 0.29) is 17.6 Å². The molecule has 4 rings (SSSR count). The summed E-state index contributed by atoms with van der Waals surface area (Å²) in [5.74, 6) is 1.49. The van der Waals surface area contributed by atoms with Crippen LogP contribution in [0.2, 0.25) is 0 Å². The van der Waals surface area contributed by atoms with E-state index in [1.54, 1.807) is 7.11 Å². The highest BCUT2D eigenvalue weighted by atomic mass is 16.6. The van der Waals surface area contributed by atoms with E-state index in [0.29, 0.717) is 6.54 Å². The van der Waals surface area contributed by atoms with Crippen molar-refractivity contribution >= 4 is 11.6 Å². The Balaban J connectivity index is 1.30. The van der Waals surface area contributed by atoms with Gasteiger partial charge in [-0.3, -0.25) is 9.69 Å². The predicted octanol–water partition coefficient (Wildman–Crippen LogP) is 3.69. The topological polar surface area (TPSA) is 60.0 Å². The van der Waals surface area contributed by atoms with E-state index in [1.165, 1.54) is 0 Å². The summed E-state index contributed by atoms with van der Waals surface area (Å²) in [6.45, 7) is 2.70. The highest BCUT2D eigenvalue weighted by molar-refractivity contribution is 5.92. The molecule has 2 heterocycles. The second-order valence-corrected chi connectivity index (χ2v) is 7.73. The van der Waals surface area contributed by atoms with Gasteiger partial charge < -0.3 is 19.5 Å². The lowest BCUT2D eigenvalue weighted by Crippen LogP contribution is -2.58. The molecule has 1 N–H and O–H groups in total. The molecule has 2 atom stereocenters. The summed E-state index contributed by atoms with van der Waals surface area (Å²) in [6, 6.07) is 17.0. The van der Waals surface area contributed by atoms with Crippen LogP contribution in [0.4, 0.5) is 5.69 Å². The van der Waals surface area contributed by atoms with Crippen molar-refractivity contribution in [1.82, 2.24) is 4.90 Å². The first-order valence-corrected chi connectivity index (χ1v) is 10.2. The van der Waals surface area contributed by atoms with Crippen LogP contribution in [0, 0.1) is 0 Å². The number of hydrogen-bond acceptors (Lipinski definition) is 5. The number of nitrogens with one attached hydrogen (secondary N) is 1. The first-order valence-electron chi connectivity index (χ1n) is 10.2. The quantitative estimate of drug-likeness (QED) is 0.807. The predicted molar refractivity (Wildman–Crippen MR) is 111 cm³/mol. The van der Waals surface area contributed by atoms with Gasteiger partial charge in [-0.25, -0.2) is 0 Å².